The Morgan fingerprint density at radius 2 is 1.62 bits per heavy atom. The lowest BCUT2D eigenvalue weighted by atomic mass is 9.67. The Kier molecular flexibility index (Phi) is 9.41. The van der Waals surface area contributed by atoms with Crippen molar-refractivity contribution in [3.05, 3.63) is 118 Å². The Bertz CT molecular complexity index is 1770. The summed E-state index contributed by atoms with van der Waals surface area (Å²) in [5.74, 6) is -6.41. The zero-order valence-corrected chi connectivity index (χ0v) is 25.8. The van der Waals surface area contributed by atoms with Gasteiger partial charge in [-0.25, -0.2) is 9.18 Å². The maximum absolute atomic E-state index is 14.8. The predicted octanol–water partition coefficient (Wildman–Crippen LogP) is 6.38. The summed E-state index contributed by atoms with van der Waals surface area (Å²) in [6.45, 7) is 3.04. The molecule has 8 nitrogen and oxygen atoms in total. The highest BCUT2D eigenvalue weighted by atomic mass is 19.4. The van der Waals surface area contributed by atoms with Crippen LogP contribution < -0.4 is 15.4 Å². The van der Waals surface area contributed by atoms with Gasteiger partial charge < -0.3 is 19.9 Å². The number of alkyl halides is 3. The molecule has 47 heavy (non-hydrogen) atoms. The van der Waals surface area contributed by atoms with E-state index >= 15 is 0 Å². The van der Waals surface area contributed by atoms with Gasteiger partial charge in [-0.2, -0.15) is 13.2 Å². The van der Waals surface area contributed by atoms with E-state index < -0.39 is 53.0 Å². The molecule has 1 aliphatic heterocycles. The van der Waals surface area contributed by atoms with E-state index in [0.717, 1.165) is 24.3 Å². The minimum Gasteiger partial charge on any atom is -0.497 e. The zero-order valence-electron chi connectivity index (χ0n) is 25.8. The van der Waals surface area contributed by atoms with Crippen LogP contribution in [0.1, 0.15) is 48.8 Å². The summed E-state index contributed by atoms with van der Waals surface area (Å²) in [6.07, 6.45) is -4.80. The van der Waals surface area contributed by atoms with Crippen LogP contribution in [-0.2, 0) is 30.0 Å². The van der Waals surface area contributed by atoms with E-state index in [1.54, 1.807) is 38.1 Å². The van der Waals surface area contributed by atoms with Crippen molar-refractivity contribution < 1.29 is 46.2 Å². The number of allylic oxidation sites excluding steroid dienone is 2. The van der Waals surface area contributed by atoms with Crippen LogP contribution in [0, 0.1) is 11.7 Å². The molecule has 0 amide bonds. The number of halogens is 4. The fourth-order valence-corrected chi connectivity index (χ4v) is 6.23. The summed E-state index contributed by atoms with van der Waals surface area (Å²) in [6, 6.07) is 16.1. The molecule has 1 aliphatic carbocycles. The molecule has 3 aromatic carbocycles. The number of Topliss-reactive ketones (excluding diaryl/α,β-unsaturated/α-hetero) is 1. The molecular formula is C35H32F4N2O6. The first-order valence-corrected chi connectivity index (χ1v) is 14.9. The number of methoxy groups -OCH3 is 1. The van der Waals surface area contributed by atoms with Gasteiger partial charge in [0.1, 0.15) is 23.3 Å². The quantitative estimate of drug-likeness (QED) is 0.170. The Morgan fingerprint density at radius 3 is 2.26 bits per heavy atom. The van der Waals surface area contributed by atoms with Crippen LogP contribution >= 0.6 is 0 Å². The number of hydrogen-bond acceptors (Lipinski definition) is 8. The molecule has 0 unspecified atom stereocenters. The average Bonchev–Trinajstić information content (AvgIpc) is 3.04. The number of anilines is 1. The third kappa shape index (κ3) is 6.32. The molecule has 0 spiro atoms. The van der Waals surface area contributed by atoms with E-state index in [1.807, 2.05) is 0 Å². The number of benzene rings is 3. The predicted molar refractivity (Wildman–Crippen MR) is 163 cm³/mol. The van der Waals surface area contributed by atoms with Gasteiger partial charge in [-0.3, -0.25) is 14.5 Å². The Balaban J connectivity index is 1.84. The van der Waals surface area contributed by atoms with E-state index in [0.29, 0.717) is 11.3 Å². The second-order valence-corrected chi connectivity index (χ2v) is 10.9. The van der Waals surface area contributed by atoms with Crippen molar-refractivity contribution in [1.29, 1.82) is 0 Å². The molecule has 2 aliphatic rings. The molecule has 0 saturated carbocycles. The summed E-state index contributed by atoms with van der Waals surface area (Å²) in [4.78, 5) is 43.3. The smallest absolute Gasteiger partial charge is 0.416 e. The van der Waals surface area contributed by atoms with Gasteiger partial charge in [-0.15, -0.1) is 0 Å². The number of ether oxygens (including phenoxy) is 3. The third-order valence-electron chi connectivity index (χ3n) is 8.23. The maximum atomic E-state index is 14.8. The van der Waals surface area contributed by atoms with E-state index in [-0.39, 0.29) is 53.5 Å². The Hall–Kier alpha value is -5.13. The van der Waals surface area contributed by atoms with Crippen molar-refractivity contribution in [2.75, 3.05) is 25.2 Å². The van der Waals surface area contributed by atoms with Crippen LogP contribution in [0.4, 0.5) is 23.2 Å². The number of carbonyl (C=O) groups is 3. The van der Waals surface area contributed by atoms with Crippen LogP contribution in [0.3, 0.4) is 0 Å². The fourth-order valence-electron chi connectivity index (χ4n) is 6.23. The molecule has 12 heteroatoms. The molecule has 3 aromatic rings. The number of nitrogens with two attached hydrogens (primary N) is 1. The number of rotatable bonds is 8. The zero-order chi connectivity index (χ0) is 34.0. The number of nitrogens with zero attached hydrogens (tertiary/aromatic N) is 1. The number of ketones is 1. The monoisotopic (exact) mass is 652 g/mol. The lowest BCUT2D eigenvalue weighted by Gasteiger charge is -2.44. The second-order valence-electron chi connectivity index (χ2n) is 10.9. The molecular weight excluding hydrogens is 620 g/mol. The van der Waals surface area contributed by atoms with Crippen LogP contribution in [0.25, 0.3) is 0 Å². The molecule has 5 rings (SSSR count). The van der Waals surface area contributed by atoms with Gasteiger partial charge in [-0.1, -0.05) is 30.3 Å². The molecule has 246 valence electrons. The van der Waals surface area contributed by atoms with Gasteiger partial charge in [0.25, 0.3) is 0 Å². The molecule has 0 aromatic heterocycles. The van der Waals surface area contributed by atoms with E-state index in [4.69, 9.17) is 19.9 Å². The number of esters is 2. The highest BCUT2D eigenvalue weighted by Gasteiger charge is 2.51. The largest absolute Gasteiger partial charge is 0.497 e. The summed E-state index contributed by atoms with van der Waals surface area (Å²) in [5.41, 5.74) is 6.33. The minimum absolute atomic E-state index is 0.0297. The van der Waals surface area contributed by atoms with Gasteiger partial charge in [0, 0.05) is 22.9 Å². The number of hydrogen-bond donors (Lipinski definition) is 1. The van der Waals surface area contributed by atoms with Gasteiger partial charge in [0.2, 0.25) is 0 Å². The summed E-state index contributed by atoms with van der Waals surface area (Å²) in [5, 5.41) is 0. The standard InChI is InChI=1S/C35H32F4N2O6/c1-4-46-33(43)28-25(20-8-6-11-24(16-20)45-3)18-26-29(31(28)42)27(19-12-14-22(36)15-13-19)30(34(44)47-5-2)32(40)41(26)23-10-7-9-21(17-23)35(37,38)39/h6-17,25,27-28H,4-5,18,40H2,1-3H3/t25-,27-,28-/m0/s1. The molecule has 2 N–H and O–H groups in total. The fraction of sp³-hybridized carbons (Fsp3) is 0.286. The summed E-state index contributed by atoms with van der Waals surface area (Å²) < 4.78 is 72.0. The first-order chi connectivity index (χ1) is 22.4. The lowest BCUT2D eigenvalue weighted by molar-refractivity contribution is -0.152. The second kappa shape index (κ2) is 13.3. The highest BCUT2D eigenvalue weighted by Crippen LogP contribution is 2.52. The SMILES string of the molecule is CCOC(=O)C1=C(N)N(c2cccc(C(F)(F)F)c2)C2=C(C(=O)[C@@H](C(=O)OCC)[C@H](c3cccc(OC)c3)C2)[C@@H]1c1ccc(F)cc1. The van der Waals surface area contributed by atoms with Crippen LogP contribution in [0.2, 0.25) is 0 Å². The van der Waals surface area contributed by atoms with E-state index in [1.165, 1.54) is 36.3 Å². The summed E-state index contributed by atoms with van der Waals surface area (Å²) >= 11 is 0. The van der Waals surface area contributed by atoms with E-state index in [2.05, 4.69) is 0 Å². The molecule has 0 saturated heterocycles. The van der Waals surface area contributed by atoms with Crippen molar-refractivity contribution in [1.82, 2.24) is 0 Å². The van der Waals surface area contributed by atoms with Crippen molar-refractivity contribution in [2.45, 2.75) is 38.3 Å². The molecule has 3 atom stereocenters. The highest BCUT2D eigenvalue weighted by molar-refractivity contribution is 6.14. The van der Waals surface area contributed by atoms with Crippen LogP contribution in [0.5, 0.6) is 5.75 Å². The maximum Gasteiger partial charge on any atom is 0.416 e. The average molecular weight is 653 g/mol. The first kappa shape index (κ1) is 33.2. The molecule has 0 fully saturated rings. The molecule has 1 heterocycles. The summed E-state index contributed by atoms with van der Waals surface area (Å²) in [7, 11) is 1.46. The van der Waals surface area contributed by atoms with Gasteiger partial charge in [0.05, 0.1) is 37.4 Å². The minimum atomic E-state index is -4.72. The van der Waals surface area contributed by atoms with Crippen molar-refractivity contribution in [3.8, 4) is 5.75 Å². The lowest BCUT2D eigenvalue weighted by Crippen LogP contribution is -2.46. The first-order valence-electron chi connectivity index (χ1n) is 14.9. The van der Waals surface area contributed by atoms with Gasteiger partial charge in [0.15, 0.2) is 5.78 Å². The van der Waals surface area contributed by atoms with Crippen LogP contribution in [-0.4, -0.2) is 38.0 Å². The van der Waals surface area contributed by atoms with Crippen LogP contribution in [0.15, 0.2) is 95.5 Å². The molecule has 0 radical (unpaired) electrons. The molecule has 0 bridgehead atoms. The Morgan fingerprint density at radius 1 is 0.936 bits per heavy atom. The number of carbonyl (C=O) groups excluding carboxylic acids is 3. The topological polar surface area (TPSA) is 108 Å². The van der Waals surface area contributed by atoms with Crippen molar-refractivity contribution >= 4 is 23.4 Å². The van der Waals surface area contributed by atoms with Gasteiger partial charge in [-0.05, 0) is 73.9 Å². The van der Waals surface area contributed by atoms with Crippen molar-refractivity contribution in [2.24, 2.45) is 11.7 Å². The third-order valence-corrected chi connectivity index (χ3v) is 8.23. The van der Waals surface area contributed by atoms with Gasteiger partial charge >= 0.3 is 18.1 Å². The Labute approximate surface area is 268 Å². The normalized spacial score (nSPS) is 19.8. The van der Waals surface area contributed by atoms with Crippen molar-refractivity contribution in [3.63, 3.8) is 0 Å². The van der Waals surface area contributed by atoms with E-state index in [9.17, 15) is 31.9 Å².